The fourth-order valence-corrected chi connectivity index (χ4v) is 3.50. The smallest absolute Gasteiger partial charge is 0.256 e. The van der Waals surface area contributed by atoms with Gasteiger partial charge in [0.2, 0.25) is 0 Å². The van der Waals surface area contributed by atoms with E-state index in [9.17, 15) is 4.79 Å². The summed E-state index contributed by atoms with van der Waals surface area (Å²) in [5.41, 5.74) is 7.07. The number of halogens is 1. The normalized spacial score (nSPS) is 19.5. The van der Waals surface area contributed by atoms with E-state index in [-0.39, 0.29) is 5.91 Å². The largest absolute Gasteiger partial charge is 0.398 e. The molecule has 0 atom stereocenters. The van der Waals surface area contributed by atoms with Crippen LogP contribution in [0.3, 0.4) is 0 Å². The van der Waals surface area contributed by atoms with Crippen molar-refractivity contribution < 1.29 is 4.79 Å². The molecule has 0 aromatic heterocycles. The molecule has 3 nitrogen and oxygen atoms in total. The van der Waals surface area contributed by atoms with E-state index < -0.39 is 0 Å². The Kier molecular flexibility index (Phi) is 4.39. The van der Waals surface area contributed by atoms with Crippen molar-refractivity contribution in [3.05, 3.63) is 28.8 Å². The van der Waals surface area contributed by atoms with Crippen LogP contribution in [0.4, 0.5) is 5.69 Å². The first-order valence-electron chi connectivity index (χ1n) is 8.01. The summed E-state index contributed by atoms with van der Waals surface area (Å²) < 4.78 is 0. The lowest BCUT2D eigenvalue weighted by Crippen LogP contribution is -2.38. The number of hydrogen-bond donors (Lipinski definition) is 1. The molecule has 4 heteroatoms. The molecule has 2 saturated carbocycles. The van der Waals surface area contributed by atoms with Gasteiger partial charge in [-0.1, -0.05) is 30.9 Å². The minimum atomic E-state index is 0.0808. The molecular formula is C17H23ClN2O. The Bertz CT molecular complexity index is 522. The van der Waals surface area contributed by atoms with Crippen molar-refractivity contribution in [1.82, 2.24) is 4.90 Å². The molecule has 1 amide bonds. The maximum Gasteiger partial charge on any atom is 0.256 e. The Morgan fingerprint density at radius 2 is 1.90 bits per heavy atom. The second-order valence-electron chi connectivity index (χ2n) is 6.42. The van der Waals surface area contributed by atoms with Gasteiger partial charge in [-0.15, -0.1) is 0 Å². The Morgan fingerprint density at radius 1 is 1.19 bits per heavy atom. The second kappa shape index (κ2) is 6.27. The highest BCUT2D eigenvalue weighted by Gasteiger charge is 2.35. The van der Waals surface area contributed by atoms with Crippen LogP contribution in [0.25, 0.3) is 0 Å². The van der Waals surface area contributed by atoms with Gasteiger partial charge in [0, 0.05) is 23.3 Å². The summed E-state index contributed by atoms with van der Waals surface area (Å²) in [5, 5.41) is 0.578. The van der Waals surface area contributed by atoms with Crippen molar-refractivity contribution >= 4 is 23.2 Å². The van der Waals surface area contributed by atoms with Crippen LogP contribution in [0, 0.1) is 5.92 Å². The minimum Gasteiger partial charge on any atom is -0.398 e. The minimum absolute atomic E-state index is 0.0808. The van der Waals surface area contributed by atoms with Crippen LogP contribution in [0.1, 0.15) is 55.3 Å². The standard InChI is InChI=1S/C17H23ClN2O/c18-13-6-9-15(16(19)10-13)17(21)20(14-7-8-14)11-12-4-2-1-3-5-12/h6,9-10,12,14H,1-5,7-8,11,19H2. The van der Waals surface area contributed by atoms with E-state index in [4.69, 9.17) is 17.3 Å². The first-order valence-corrected chi connectivity index (χ1v) is 8.39. The molecule has 2 N–H and O–H groups in total. The van der Waals surface area contributed by atoms with Gasteiger partial charge >= 0.3 is 0 Å². The molecule has 0 unspecified atom stereocenters. The molecule has 0 saturated heterocycles. The SMILES string of the molecule is Nc1cc(Cl)ccc1C(=O)N(CC1CCCCC1)C1CC1. The summed E-state index contributed by atoms with van der Waals surface area (Å²) in [6, 6.07) is 5.60. The first kappa shape index (κ1) is 14.7. The topological polar surface area (TPSA) is 46.3 Å². The van der Waals surface area contributed by atoms with Crippen molar-refractivity contribution in [2.45, 2.75) is 51.0 Å². The average Bonchev–Trinajstić information content (AvgIpc) is 3.30. The molecule has 2 aliphatic carbocycles. The molecule has 0 spiro atoms. The van der Waals surface area contributed by atoms with Crippen molar-refractivity contribution in [2.24, 2.45) is 5.92 Å². The molecule has 0 radical (unpaired) electrons. The van der Waals surface area contributed by atoms with Crippen LogP contribution in [-0.4, -0.2) is 23.4 Å². The molecule has 114 valence electrons. The van der Waals surface area contributed by atoms with Gasteiger partial charge in [-0.3, -0.25) is 4.79 Å². The van der Waals surface area contributed by atoms with Gasteiger partial charge in [0.25, 0.3) is 5.91 Å². The van der Waals surface area contributed by atoms with Crippen LogP contribution in [0.2, 0.25) is 5.02 Å². The number of rotatable bonds is 4. The number of nitrogen functional groups attached to an aromatic ring is 1. The summed E-state index contributed by atoms with van der Waals surface area (Å²) in [7, 11) is 0. The number of nitrogens with zero attached hydrogens (tertiary/aromatic N) is 1. The van der Waals surface area contributed by atoms with Crippen LogP contribution < -0.4 is 5.73 Å². The highest BCUT2D eigenvalue weighted by Crippen LogP contribution is 2.33. The van der Waals surface area contributed by atoms with Gasteiger partial charge < -0.3 is 10.6 Å². The number of nitrogens with two attached hydrogens (primary N) is 1. The zero-order valence-corrected chi connectivity index (χ0v) is 13.1. The van der Waals surface area contributed by atoms with Gasteiger partial charge in [0.15, 0.2) is 0 Å². The van der Waals surface area contributed by atoms with Crippen molar-refractivity contribution in [2.75, 3.05) is 12.3 Å². The average molecular weight is 307 g/mol. The molecule has 0 aliphatic heterocycles. The summed E-state index contributed by atoms with van der Waals surface area (Å²) in [4.78, 5) is 14.9. The van der Waals surface area contributed by atoms with Crippen LogP contribution in [0.15, 0.2) is 18.2 Å². The van der Waals surface area contributed by atoms with Crippen molar-refractivity contribution in [3.63, 3.8) is 0 Å². The number of amides is 1. The van der Waals surface area contributed by atoms with Crippen LogP contribution in [0.5, 0.6) is 0 Å². The van der Waals surface area contributed by atoms with E-state index in [2.05, 4.69) is 4.90 Å². The zero-order valence-electron chi connectivity index (χ0n) is 12.4. The van der Waals surface area contributed by atoms with E-state index in [0.29, 0.717) is 28.2 Å². The third kappa shape index (κ3) is 3.52. The lowest BCUT2D eigenvalue weighted by molar-refractivity contribution is 0.0700. The third-order valence-corrected chi connectivity index (χ3v) is 4.91. The van der Waals surface area contributed by atoms with Crippen LogP contribution in [-0.2, 0) is 0 Å². The van der Waals surface area contributed by atoms with E-state index in [1.54, 1.807) is 18.2 Å². The van der Waals surface area contributed by atoms with Crippen LogP contribution >= 0.6 is 11.6 Å². The number of carbonyl (C=O) groups excluding carboxylic acids is 1. The molecular weight excluding hydrogens is 284 g/mol. The highest BCUT2D eigenvalue weighted by molar-refractivity contribution is 6.31. The quantitative estimate of drug-likeness (QED) is 0.851. The van der Waals surface area contributed by atoms with E-state index in [1.165, 1.54) is 32.1 Å². The number of hydrogen-bond acceptors (Lipinski definition) is 2. The van der Waals surface area contributed by atoms with E-state index in [1.807, 2.05) is 0 Å². The molecule has 0 heterocycles. The predicted octanol–water partition coefficient (Wildman–Crippen LogP) is 4.11. The number of carbonyl (C=O) groups is 1. The summed E-state index contributed by atoms with van der Waals surface area (Å²) in [6.45, 7) is 0.894. The zero-order chi connectivity index (χ0) is 14.8. The lowest BCUT2D eigenvalue weighted by atomic mass is 9.88. The summed E-state index contributed by atoms with van der Waals surface area (Å²) in [5.74, 6) is 0.745. The number of anilines is 1. The number of benzene rings is 1. The maximum atomic E-state index is 12.8. The fourth-order valence-electron chi connectivity index (χ4n) is 3.31. The molecule has 1 aromatic rings. The Labute approximate surface area is 131 Å². The Morgan fingerprint density at radius 3 is 2.52 bits per heavy atom. The molecule has 0 bridgehead atoms. The Hall–Kier alpha value is -1.22. The van der Waals surface area contributed by atoms with Crippen molar-refractivity contribution in [3.8, 4) is 0 Å². The maximum absolute atomic E-state index is 12.8. The third-order valence-electron chi connectivity index (χ3n) is 4.67. The lowest BCUT2D eigenvalue weighted by Gasteiger charge is -2.30. The van der Waals surface area contributed by atoms with Gasteiger partial charge in [-0.05, 0) is 49.8 Å². The molecule has 2 aliphatic rings. The van der Waals surface area contributed by atoms with Gasteiger partial charge in [-0.2, -0.15) is 0 Å². The molecule has 1 aromatic carbocycles. The van der Waals surface area contributed by atoms with Gasteiger partial charge in [-0.25, -0.2) is 0 Å². The predicted molar refractivity (Wildman–Crippen MR) is 86.5 cm³/mol. The summed E-state index contributed by atoms with van der Waals surface area (Å²) in [6.07, 6.45) is 8.73. The van der Waals surface area contributed by atoms with Gasteiger partial charge in [0.05, 0.1) is 5.56 Å². The first-order chi connectivity index (χ1) is 10.1. The monoisotopic (exact) mass is 306 g/mol. The van der Waals surface area contributed by atoms with E-state index >= 15 is 0 Å². The van der Waals surface area contributed by atoms with Gasteiger partial charge in [0.1, 0.15) is 0 Å². The fraction of sp³-hybridized carbons (Fsp3) is 0.588. The molecule has 2 fully saturated rings. The molecule has 3 rings (SSSR count). The van der Waals surface area contributed by atoms with E-state index in [0.717, 1.165) is 19.4 Å². The second-order valence-corrected chi connectivity index (χ2v) is 6.86. The highest BCUT2D eigenvalue weighted by atomic mass is 35.5. The molecule has 21 heavy (non-hydrogen) atoms. The Balaban J connectivity index is 1.75. The summed E-state index contributed by atoms with van der Waals surface area (Å²) >= 11 is 5.93. The van der Waals surface area contributed by atoms with Crippen molar-refractivity contribution in [1.29, 1.82) is 0 Å².